The average Bonchev–Trinajstić information content (AvgIpc) is 2.37. The monoisotopic (exact) mass is 269 g/mol. The van der Waals surface area contributed by atoms with Gasteiger partial charge in [-0.1, -0.05) is 31.9 Å². The van der Waals surface area contributed by atoms with Crippen LogP contribution >= 0.6 is 11.6 Å². The topological polar surface area (TPSA) is 38.3 Å². The summed E-state index contributed by atoms with van der Waals surface area (Å²) in [6.45, 7) is 6.40. The van der Waals surface area contributed by atoms with Gasteiger partial charge in [0.15, 0.2) is 0 Å². The first kappa shape index (κ1) is 14.8. The lowest BCUT2D eigenvalue weighted by molar-refractivity contribution is 0.0602. The Hall–Kier alpha value is -1.22. The molecule has 18 heavy (non-hydrogen) atoms. The molecule has 0 amide bonds. The highest BCUT2D eigenvalue weighted by atomic mass is 35.5. The fourth-order valence-corrected chi connectivity index (χ4v) is 1.84. The summed E-state index contributed by atoms with van der Waals surface area (Å²) in [6, 6.07) is 5.39. The summed E-state index contributed by atoms with van der Waals surface area (Å²) in [7, 11) is 1.37. The van der Waals surface area contributed by atoms with Crippen LogP contribution in [0.25, 0.3) is 0 Å². The number of benzene rings is 1. The van der Waals surface area contributed by atoms with Crippen molar-refractivity contribution in [2.75, 3.05) is 12.4 Å². The van der Waals surface area contributed by atoms with E-state index in [0.717, 1.165) is 12.1 Å². The van der Waals surface area contributed by atoms with Gasteiger partial charge in [0.25, 0.3) is 0 Å². The summed E-state index contributed by atoms with van der Waals surface area (Å²) in [6.07, 6.45) is 1.07. The molecule has 0 saturated heterocycles. The molecule has 1 aromatic carbocycles. The number of halogens is 1. The molecule has 0 saturated carbocycles. The first-order valence-corrected chi connectivity index (χ1v) is 6.51. The minimum absolute atomic E-state index is 0.261. The Bertz CT molecular complexity index is 420. The van der Waals surface area contributed by atoms with Crippen LogP contribution in [0.1, 0.15) is 37.6 Å². The third kappa shape index (κ3) is 3.64. The largest absolute Gasteiger partial charge is 0.465 e. The zero-order valence-electron chi connectivity index (χ0n) is 11.3. The molecule has 0 aliphatic carbocycles. The zero-order chi connectivity index (χ0) is 13.7. The van der Waals surface area contributed by atoms with Crippen LogP contribution in [0, 0.1) is 5.92 Å². The van der Waals surface area contributed by atoms with Gasteiger partial charge in [-0.3, -0.25) is 0 Å². The Morgan fingerprint density at radius 2 is 2.11 bits per heavy atom. The number of methoxy groups -OCH3 is 1. The highest BCUT2D eigenvalue weighted by Crippen LogP contribution is 2.24. The fourth-order valence-electron chi connectivity index (χ4n) is 1.66. The van der Waals surface area contributed by atoms with Gasteiger partial charge in [0.05, 0.1) is 18.4 Å². The number of nitrogens with one attached hydrogen (secondary N) is 1. The third-order valence-electron chi connectivity index (χ3n) is 3.27. The quantitative estimate of drug-likeness (QED) is 0.822. The number of hydrogen-bond donors (Lipinski definition) is 1. The molecule has 100 valence electrons. The van der Waals surface area contributed by atoms with Crippen LogP contribution in [0.3, 0.4) is 0 Å². The number of carbonyl (C=O) groups is 1. The maximum Gasteiger partial charge on any atom is 0.339 e. The van der Waals surface area contributed by atoms with Crippen molar-refractivity contribution in [1.82, 2.24) is 0 Å². The van der Waals surface area contributed by atoms with Crippen LogP contribution in [-0.4, -0.2) is 19.1 Å². The minimum Gasteiger partial charge on any atom is -0.465 e. The molecule has 2 unspecified atom stereocenters. The van der Waals surface area contributed by atoms with Gasteiger partial charge in [0.1, 0.15) is 0 Å². The summed E-state index contributed by atoms with van der Waals surface area (Å²) in [5.74, 6) is 0.153. The van der Waals surface area contributed by atoms with Crippen molar-refractivity contribution in [3.63, 3.8) is 0 Å². The number of carbonyl (C=O) groups excluding carboxylic acids is 1. The Morgan fingerprint density at radius 1 is 1.44 bits per heavy atom. The molecule has 3 nitrogen and oxygen atoms in total. The van der Waals surface area contributed by atoms with E-state index in [1.807, 2.05) is 0 Å². The number of anilines is 1. The Morgan fingerprint density at radius 3 is 2.67 bits per heavy atom. The molecule has 1 aromatic rings. The molecule has 4 heteroatoms. The summed E-state index contributed by atoms with van der Waals surface area (Å²) in [5, 5.41) is 3.93. The Balaban J connectivity index is 2.99. The number of rotatable bonds is 5. The van der Waals surface area contributed by atoms with Crippen molar-refractivity contribution in [2.24, 2.45) is 5.92 Å². The second-order valence-corrected chi connectivity index (χ2v) is 4.94. The van der Waals surface area contributed by atoms with Gasteiger partial charge < -0.3 is 10.1 Å². The van der Waals surface area contributed by atoms with E-state index in [1.165, 1.54) is 7.11 Å². The minimum atomic E-state index is -0.356. The lowest BCUT2D eigenvalue weighted by Gasteiger charge is -2.22. The molecule has 0 aliphatic rings. The van der Waals surface area contributed by atoms with Gasteiger partial charge in [0, 0.05) is 11.1 Å². The van der Waals surface area contributed by atoms with E-state index in [9.17, 15) is 4.79 Å². The zero-order valence-corrected chi connectivity index (χ0v) is 12.0. The molecule has 0 bridgehead atoms. The average molecular weight is 270 g/mol. The normalized spacial score (nSPS) is 13.8. The smallest absolute Gasteiger partial charge is 0.339 e. The predicted octanol–water partition coefficient (Wildman–Crippen LogP) is 3.97. The summed E-state index contributed by atoms with van der Waals surface area (Å²) < 4.78 is 4.76. The molecule has 0 aromatic heterocycles. The van der Waals surface area contributed by atoms with Crippen LogP contribution < -0.4 is 5.32 Å². The fraction of sp³-hybridized carbons (Fsp3) is 0.500. The second-order valence-electron chi connectivity index (χ2n) is 4.50. The van der Waals surface area contributed by atoms with Crippen molar-refractivity contribution in [3.8, 4) is 0 Å². The van der Waals surface area contributed by atoms with E-state index in [-0.39, 0.29) is 12.0 Å². The van der Waals surface area contributed by atoms with Gasteiger partial charge in [0.2, 0.25) is 0 Å². The van der Waals surface area contributed by atoms with Crippen LogP contribution in [0.5, 0.6) is 0 Å². The molecule has 0 spiro atoms. The summed E-state index contributed by atoms with van der Waals surface area (Å²) in [5.41, 5.74) is 1.24. The highest BCUT2D eigenvalue weighted by molar-refractivity contribution is 6.31. The lowest BCUT2D eigenvalue weighted by Crippen LogP contribution is -2.24. The second kappa shape index (κ2) is 6.64. The van der Waals surface area contributed by atoms with Gasteiger partial charge in [-0.2, -0.15) is 0 Å². The number of esters is 1. The molecule has 0 aliphatic heterocycles. The summed E-state index contributed by atoms with van der Waals surface area (Å²) in [4.78, 5) is 11.7. The van der Waals surface area contributed by atoms with Crippen LogP contribution in [0.2, 0.25) is 5.02 Å². The van der Waals surface area contributed by atoms with Crippen LogP contribution in [0.15, 0.2) is 18.2 Å². The molecular weight excluding hydrogens is 250 g/mol. The van der Waals surface area contributed by atoms with E-state index in [2.05, 4.69) is 26.1 Å². The standard InChI is InChI=1S/C14H20ClNO2/c1-5-9(2)10(3)16-13-8-11(15)6-7-12(13)14(17)18-4/h6-10,16H,5H2,1-4H3. The predicted molar refractivity (Wildman–Crippen MR) is 75.3 cm³/mol. The van der Waals surface area contributed by atoms with Crippen molar-refractivity contribution < 1.29 is 9.53 Å². The molecule has 1 rings (SSSR count). The highest BCUT2D eigenvalue weighted by Gasteiger charge is 2.16. The lowest BCUT2D eigenvalue weighted by atomic mass is 10.00. The Labute approximate surface area is 113 Å². The third-order valence-corrected chi connectivity index (χ3v) is 3.50. The van der Waals surface area contributed by atoms with E-state index in [0.29, 0.717) is 16.5 Å². The maximum absolute atomic E-state index is 11.7. The molecule has 0 fully saturated rings. The molecule has 2 atom stereocenters. The number of hydrogen-bond acceptors (Lipinski definition) is 3. The van der Waals surface area contributed by atoms with Gasteiger partial charge in [-0.05, 0) is 31.0 Å². The van der Waals surface area contributed by atoms with Crippen molar-refractivity contribution in [1.29, 1.82) is 0 Å². The maximum atomic E-state index is 11.7. The van der Waals surface area contributed by atoms with Crippen LogP contribution in [-0.2, 0) is 4.74 Å². The molecule has 0 radical (unpaired) electrons. The van der Waals surface area contributed by atoms with Crippen molar-refractivity contribution in [2.45, 2.75) is 33.2 Å². The number of ether oxygens (including phenoxy) is 1. The van der Waals surface area contributed by atoms with E-state index in [1.54, 1.807) is 18.2 Å². The molecule has 0 heterocycles. The summed E-state index contributed by atoms with van der Waals surface area (Å²) >= 11 is 5.97. The first-order chi connectivity index (χ1) is 8.49. The Kier molecular flexibility index (Phi) is 5.48. The van der Waals surface area contributed by atoms with E-state index >= 15 is 0 Å². The molecule has 1 N–H and O–H groups in total. The van der Waals surface area contributed by atoms with Gasteiger partial charge in [-0.15, -0.1) is 0 Å². The van der Waals surface area contributed by atoms with Crippen molar-refractivity contribution >= 4 is 23.3 Å². The van der Waals surface area contributed by atoms with Crippen LogP contribution in [0.4, 0.5) is 5.69 Å². The van der Waals surface area contributed by atoms with E-state index in [4.69, 9.17) is 16.3 Å². The van der Waals surface area contributed by atoms with Gasteiger partial charge in [-0.25, -0.2) is 4.79 Å². The SMILES string of the molecule is CCC(C)C(C)Nc1cc(Cl)ccc1C(=O)OC. The van der Waals surface area contributed by atoms with Crippen molar-refractivity contribution in [3.05, 3.63) is 28.8 Å². The first-order valence-electron chi connectivity index (χ1n) is 6.14. The van der Waals surface area contributed by atoms with Gasteiger partial charge >= 0.3 is 5.97 Å². The molecular formula is C14H20ClNO2. The van der Waals surface area contributed by atoms with E-state index < -0.39 is 0 Å².